The zero-order chi connectivity index (χ0) is 102. The number of likely N-dealkylation sites (tertiary alicyclic amines) is 1. The van der Waals surface area contributed by atoms with Gasteiger partial charge in [-0.15, -0.1) is 34.0 Å². The lowest BCUT2D eigenvalue weighted by molar-refractivity contribution is -0.133. The number of nitriles is 1. The molecule has 2 fully saturated rings. The SMILES string of the molecule is CC(=O)N1CCC(CN2C(=O)C(C)(c3cccc(-c4ccc(O)cc4)c3)N=C2N)CC1.CCCC[C@]1([C@@H]2CCCN(c3cccnc3)C2)N=C(N)N(C)C1=O.CN1C(=O)C(c2ccccc2)(c2cc(-c3cccnc3)cs2)N=C1N.CN1C(=O)[C@@H](c2ccc3c(c2)CCO3)[C@@](C)(c2cc(-c3cncc(Br)c3)cs2)N=C1N.Cc1ccc(C#N)cc1-c1csc([C@@]2(C)N=C(N)N(C)C(=O)C2c2ccc3occc3c2)c1. The average Bonchev–Trinajstić information content (AvgIpc) is 1.63. The van der Waals surface area contributed by atoms with Crippen molar-refractivity contribution in [3.8, 4) is 62.1 Å². The molecule has 11 N–H and O–H groups in total. The van der Waals surface area contributed by atoms with Crippen LogP contribution in [0, 0.1) is 30.1 Å². The Morgan fingerprint density at radius 3 is 1.82 bits per heavy atom. The van der Waals surface area contributed by atoms with Gasteiger partial charge in [0.15, 0.2) is 35.3 Å². The van der Waals surface area contributed by atoms with Gasteiger partial charge in [0, 0.05) is 147 Å². The Hall–Kier alpha value is -15.1. The number of hydrogen-bond acceptors (Lipinski definition) is 27. The molecule has 13 aromatic rings. The Bertz CT molecular complexity index is 7240. The minimum Gasteiger partial charge on any atom is -0.508 e. The van der Waals surface area contributed by atoms with Gasteiger partial charge in [0.2, 0.25) is 23.3 Å². The van der Waals surface area contributed by atoms with Gasteiger partial charge in [0.25, 0.3) is 17.7 Å². The van der Waals surface area contributed by atoms with Gasteiger partial charge in [-0.05, 0) is 262 Å². The molecule has 7 aromatic heterocycles. The number of ether oxygens (including phenoxy) is 1. The molecular weight excluding hydrogens is 1940 g/mol. The summed E-state index contributed by atoms with van der Waals surface area (Å²) in [6.45, 7) is 16.0. The molecule has 8 atom stereocenters. The van der Waals surface area contributed by atoms with E-state index in [2.05, 4.69) is 93.8 Å². The van der Waals surface area contributed by atoms with Crippen molar-refractivity contribution in [3.63, 3.8) is 0 Å². The van der Waals surface area contributed by atoms with Gasteiger partial charge in [-0.25, -0.2) is 25.0 Å². The second-order valence-corrected chi connectivity index (χ2v) is 41.4. The number of benzene rings is 6. The van der Waals surface area contributed by atoms with Crippen molar-refractivity contribution in [3.05, 3.63) is 306 Å². The lowest BCUT2D eigenvalue weighted by Gasteiger charge is -2.41. The zero-order valence-corrected chi connectivity index (χ0v) is 85.8. The van der Waals surface area contributed by atoms with Gasteiger partial charge in [0.05, 0.1) is 48.2 Å². The van der Waals surface area contributed by atoms with Crippen LogP contribution in [-0.4, -0.2) is 188 Å². The van der Waals surface area contributed by atoms with Crippen LogP contribution in [0.4, 0.5) is 5.69 Å². The number of pyridine rings is 3. The summed E-state index contributed by atoms with van der Waals surface area (Å²) in [5.41, 5.74) is 42.0. The van der Waals surface area contributed by atoms with Crippen molar-refractivity contribution < 1.29 is 43.0 Å². The summed E-state index contributed by atoms with van der Waals surface area (Å²) in [4.78, 5) is 129. The van der Waals surface area contributed by atoms with E-state index in [1.807, 2.05) is 195 Å². The number of thiophene rings is 3. The molecule has 738 valence electrons. The quantitative estimate of drug-likeness (QED) is 0.0464. The minimum absolute atomic E-state index is 0.0616. The molecule has 144 heavy (non-hydrogen) atoms. The maximum Gasteiger partial charge on any atom is 0.267 e. The number of rotatable bonds is 18. The molecule has 15 heterocycles. The van der Waals surface area contributed by atoms with Crippen molar-refractivity contribution in [2.75, 3.05) is 72.4 Å². The predicted octanol–water partition coefficient (Wildman–Crippen LogP) is 17.0. The van der Waals surface area contributed by atoms with Gasteiger partial charge in [-0.1, -0.05) is 111 Å². The largest absolute Gasteiger partial charge is 0.508 e. The molecule has 34 heteroatoms. The molecule has 6 aromatic carbocycles. The first-order valence-electron chi connectivity index (χ1n) is 47.8. The fraction of sp³-hybridized carbons (Fsp3) is 0.300. The van der Waals surface area contributed by atoms with Gasteiger partial charge in [-0.2, -0.15) is 5.26 Å². The minimum atomic E-state index is -1.12. The van der Waals surface area contributed by atoms with Crippen LogP contribution in [0.2, 0.25) is 0 Å². The summed E-state index contributed by atoms with van der Waals surface area (Å²) in [5, 5.41) is 25.9. The molecular formula is C110H114BrN21O9S3. The van der Waals surface area contributed by atoms with E-state index in [-0.39, 0.29) is 70.9 Å². The van der Waals surface area contributed by atoms with E-state index in [4.69, 9.17) is 52.8 Å². The number of aliphatic imine (C=N–C) groups is 5. The number of hydrogen-bond donors (Lipinski definition) is 6. The lowest BCUT2D eigenvalue weighted by atomic mass is 9.75. The number of nitrogens with two attached hydrogens (primary N) is 5. The Morgan fingerprint density at radius 1 is 0.562 bits per heavy atom. The van der Waals surface area contributed by atoms with Crippen LogP contribution >= 0.6 is 49.9 Å². The molecule has 0 spiro atoms. The molecule has 6 amide bonds. The molecule has 3 unspecified atom stereocenters. The first kappa shape index (κ1) is 100. The maximum atomic E-state index is 13.5. The number of halogens is 1. The summed E-state index contributed by atoms with van der Waals surface area (Å²) < 4.78 is 12.0. The second kappa shape index (κ2) is 41.9. The third-order valence-corrected chi connectivity index (χ3v) is 32.4. The summed E-state index contributed by atoms with van der Waals surface area (Å²) >= 11 is 8.12. The Kier molecular flexibility index (Phi) is 29.2. The van der Waals surface area contributed by atoms with Gasteiger partial charge in [0.1, 0.15) is 33.7 Å². The van der Waals surface area contributed by atoms with E-state index in [0.717, 1.165) is 184 Å². The van der Waals surface area contributed by atoms with Crippen molar-refractivity contribution in [1.29, 1.82) is 5.26 Å². The fourth-order valence-electron chi connectivity index (χ4n) is 20.2. The van der Waals surface area contributed by atoms with E-state index >= 15 is 0 Å². The normalized spacial score (nSPS) is 22.4. The highest BCUT2D eigenvalue weighted by atomic mass is 79.9. The number of guanidine groups is 5. The van der Waals surface area contributed by atoms with Crippen LogP contribution in [0.3, 0.4) is 0 Å². The highest BCUT2D eigenvalue weighted by Crippen LogP contribution is 2.52. The van der Waals surface area contributed by atoms with Crippen molar-refractivity contribution in [2.45, 2.75) is 132 Å². The number of amides is 6. The number of carbonyl (C=O) groups excluding carboxylic acids is 6. The maximum absolute atomic E-state index is 13.5. The van der Waals surface area contributed by atoms with Crippen molar-refractivity contribution in [1.82, 2.24) is 44.4 Å². The predicted molar refractivity (Wildman–Crippen MR) is 569 cm³/mol. The van der Waals surface area contributed by atoms with E-state index in [0.29, 0.717) is 43.7 Å². The fourth-order valence-corrected chi connectivity index (χ4v) is 23.7. The molecule has 0 aliphatic carbocycles. The average molecular weight is 2050 g/mol. The number of aromatic hydroxyl groups is 1. The van der Waals surface area contributed by atoms with Crippen LogP contribution < -0.4 is 38.3 Å². The molecule has 2 saturated heterocycles. The Labute approximate surface area is 856 Å². The Balaban J connectivity index is 0.000000124. The summed E-state index contributed by atoms with van der Waals surface area (Å²) in [7, 11) is 6.72. The van der Waals surface area contributed by atoms with Gasteiger partial charge in [-0.3, -0.25) is 68.2 Å². The molecule has 0 bridgehead atoms. The molecule has 21 rings (SSSR count). The first-order valence-corrected chi connectivity index (χ1v) is 51.2. The zero-order valence-electron chi connectivity index (χ0n) is 81.7. The number of fused-ring (bicyclic) bond motifs is 2. The number of aryl methyl sites for hydroxylation is 1. The van der Waals surface area contributed by atoms with Gasteiger partial charge >= 0.3 is 0 Å². The number of piperidine rings is 2. The lowest BCUT2D eigenvalue weighted by Crippen LogP contribution is -2.52. The smallest absolute Gasteiger partial charge is 0.267 e. The molecule has 30 nitrogen and oxygen atoms in total. The topological polar surface area (TPSA) is 422 Å². The number of phenols is 1. The van der Waals surface area contributed by atoms with E-state index < -0.39 is 39.5 Å². The number of unbranched alkanes of at least 4 members (excludes halogenated alkanes) is 1. The molecule has 0 radical (unpaired) electrons. The summed E-state index contributed by atoms with van der Waals surface area (Å²) in [6.07, 6.45) is 19.9. The molecule has 0 saturated carbocycles. The van der Waals surface area contributed by atoms with E-state index in [9.17, 15) is 39.1 Å². The van der Waals surface area contributed by atoms with Crippen molar-refractivity contribution in [2.24, 2.45) is 65.5 Å². The summed E-state index contributed by atoms with van der Waals surface area (Å²) in [5.74, 6) is 1.53. The number of nitrogens with zero attached hydrogens (tertiary/aromatic N) is 16. The number of likely N-dealkylation sites (N-methyl/N-ethyl adjacent to an activating group) is 4. The highest BCUT2D eigenvalue weighted by molar-refractivity contribution is 9.10. The highest BCUT2D eigenvalue weighted by Gasteiger charge is 2.55. The number of phenolic OH excluding ortho intramolecular Hbond substituents is 1. The second-order valence-electron chi connectivity index (χ2n) is 37.8. The third kappa shape index (κ3) is 19.8. The number of anilines is 1. The molecule has 8 aliphatic heterocycles. The Morgan fingerprint density at radius 2 is 1.18 bits per heavy atom. The monoisotopic (exact) mass is 2050 g/mol. The van der Waals surface area contributed by atoms with Crippen LogP contribution in [0.15, 0.2) is 281 Å². The van der Waals surface area contributed by atoms with Crippen LogP contribution in [0.1, 0.15) is 145 Å². The number of carbonyl (C=O) groups is 6. The van der Waals surface area contributed by atoms with Crippen LogP contribution in [-0.2, 0) is 57.3 Å². The van der Waals surface area contributed by atoms with Crippen LogP contribution in [0.25, 0.3) is 55.5 Å². The standard InChI is InChI=1S/C26H22N4O2S.C24H28N4O3.C23H21BrN4O2S.C19H16N4OS.C18H27N5O/c1-15-4-5-16(13-27)10-20(15)19-12-22(33-14-19)26(2)23(24(31)30(3)25(28)29-26)18-6-7-21-17(11-18)8-9-32-21;1-16(29)27-12-10-17(11-13-27)15-28-22(31)24(2,26-23(28)25)20-5-3-4-19(14-20)18-6-8-21(30)9-7-18;1-23(19-9-16(12-31-19)15-8-17(24)11-26-10-15)20(21(29)28(2)22(25)27-23)14-3-4-18-13(7-14)5-6-30-18;1-23-17(24)19(22-18(23)20,15-7-3-2-4-8-15)16-10-14(12-25-16)13-6-5-9-21-11-13;1-3-4-9-18(16(24)22(2)17(19)21-18)14-7-6-11-23(13-14)15-8-5-10-20-12-15/h4-12,14,23H,1-3H3,(H2,28,29);3-9,14,17,30H,10-13,15H2,1-2H3,(H2,25,26);3-4,7-12,20H,5-6H2,1-2H3,(H2,25,27);2-12H,1H3,(H2,20,22);5,8,10,12,14H,3-4,6-7,9,11,13H2,1-2H3,(H2,19,21)/t23?,26-;;20-,23-;;14-,18-/m1.1.1/s1. The first-order chi connectivity index (χ1) is 69.2. The van der Waals surface area contributed by atoms with E-state index in [1.165, 1.54) is 30.9 Å². The van der Waals surface area contributed by atoms with Gasteiger partial charge < -0.3 is 52.7 Å². The number of aromatic nitrogens is 3. The number of furan rings is 1. The van der Waals surface area contributed by atoms with E-state index in [1.54, 1.807) is 113 Å². The van der Waals surface area contributed by atoms with Crippen molar-refractivity contribution >= 4 is 132 Å². The molecule has 8 aliphatic rings. The summed E-state index contributed by atoms with van der Waals surface area (Å²) in [6, 6.07) is 61.9. The third-order valence-electron chi connectivity index (χ3n) is 28.6. The van der Waals surface area contributed by atoms with Crippen LogP contribution in [0.5, 0.6) is 11.5 Å².